The molecule has 122 valence electrons. The van der Waals surface area contributed by atoms with Crippen molar-refractivity contribution in [3.8, 4) is 0 Å². The number of hydrogen-bond acceptors (Lipinski definition) is 3. The molecule has 0 fully saturated rings. The number of benzene rings is 1. The summed E-state index contributed by atoms with van der Waals surface area (Å²) < 4.78 is 13.2. The van der Waals surface area contributed by atoms with E-state index in [0.717, 1.165) is 12.0 Å². The van der Waals surface area contributed by atoms with Crippen LogP contribution < -0.4 is 0 Å². The van der Waals surface area contributed by atoms with Crippen LogP contribution in [0.4, 0.5) is 4.39 Å². The molecule has 0 heterocycles. The van der Waals surface area contributed by atoms with Crippen LogP contribution in [0.5, 0.6) is 0 Å². The molecule has 1 aromatic carbocycles. The Kier molecular flexibility index (Phi) is 7.52. The Morgan fingerprint density at radius 2 is 1.95 bits per heavy atom. The van der Waals surface area contributed by atoms with Crippen molar-refractivity contribution < 1.29 is 19.1 Å². The Hall–Kier alpha value is -1.95. The lowest BCUT2D eigenvalue weighted by Crippen LogP contribution is -2.42. The molecule has 22 heavy (non-hydrogen) atoms. The quantitative estimate of drug-likeness (QED) is 0.757. The van der Waals surface area contributed by atoms with Crippen LogP contribution in [0.1, 0.15) is 25.8 Å². The second-order valence-electron chi connectivity index (χ2n) is 5.14. The van der Waals surface area contributed by atoms with E-state index in [4.69, 9.17) is 5.11 Å². The summed E-state index contributed by atoms with van der Waals surface area (Å²) in [6.07, 6.45) is 0.774. The summed E-state index contributed by atoms with van der Waals surface area (Å²) in [6, 6.07) is 6.13. The number of nitrogens with zero attached hydrogens (tertiary/aromatic N) is 2. The van der Waals surface area contributed by atoms with Gasteiger partial charge in [-0.3, -0.25) is 14.5 Å². The Bertz CT molecular complexity index is 508. The molecule has 1 aromatic rings. The second kappa shape index (κ2) is 9.15. The van der Waals surface area contributed by atoms with Gasteiger partial charge in [0.25, 0.3) is 0 Å². The molecule has 1 amide bonds. The van der Waals surface area contributed by atoms with Gasteiger partial charge in [0.2, 0.25) is 5.91 Å². The first kappa shape index (κ1) is 18.1. The third kappa shape index (κ3) is 6.22. The zero-order chi connectivity index (χ0) is 16.5. The van der Waals surface area contributed by atoms with Crippen molar-refractivity contribution in [2.45, 2.75) is 26.8 Å². The lowest BCUT2D eigenvalue weighted by molar-refractivity contribution is -0.139. The Morgan fingerprint density at radius 3 is 2.50 bits per heavy atom. The van der Waals surface area contributed by atoms with E-state index in [1.807, 2.05) is 13.8 Å². The van der Waals surface area contributed by atoms with Gasteiger partial charge in [0.1, 0.15) is 5.82 Å². The fourth-order valence-electron chi connectivity index (χ4n) is 2.24. The van der Waals surface area contributed by atoms with Crippen molar-refractivity contribution in [1.29, 1.82) is 0 Å². The maximum atomic E-state index is 13.2. The second-order valence-corrected chi connectivity index (χ2v) is 5.14. The molecule has 6 heteroatoms. The van der Waals surface area contributed by atoms with Gasteiger partial charge in [-0.05, 0) is 37.6 Å². The summed E-state index contributed by atoms with van der Waals surface area (Å²) >= 11 is 0. The minimum atomic E-state index is -0.950. The third-order valence-electron chi connectivity index (χ3n) is 3.25. The Morgan fingerprint density at radius 1 is 1.23 bits per heavy atom. The van der Waals surface area contributed by atoms with Gasteiger partial charge in [0.05, 0.1) is 13.1 Å². The van der Waals surface area contributed by atoms with Gasteiger partial charge < -0.3 is 10.0 Å². The van der Waals surface area contributed by atoms with Crippen molar-refractivity contribution in [2.24, 2.45) is 0 Å². The first-order chi connectivity index (χ1) is 10.5. The molecule has 0 aliphatic rings. The zero-order valence-electron chi connectivity index (χ0n) is 13.1. The monoisotopic (exact) mass is 310 g/mol. The van der Waals surface area contributed by atoms with Crippen molar-refractivity contribution in [3.63, 3.8) is 0 Å². The number of carbonyl (C=O) groups is 2. The van der Waals surface area contributed by atoms with E-state index < -0.39 is 5.97 Å². The highest BCUT2D eigenvalue weighted by Gasteiger charge is 2.18. The SMILES string of the molecule is CCCN(CC(=O)O)CC(=O)N(CC)Cc1cccc(F)c1. The van der Waals surface area contributed by atoms with E-state index in [0.29, 0.717) is 19.6 Å². The van der Waals surface area contributed by atoms with Gasteiger partial charge in [0, 0.05) is 13.1 Å². The molecular weight excluding hydrogens is 287 g/mol. The average Bonchev–Trinajstić information content (AvgIpc) is 2.44. The molecule has 0 aromatic heterocycles. The number of likely N-dealkylation sites (N-methyl/N-ethyl adjacent to an activating group) is 1. The van der Waals surface area contributed by atoms with Gasteiger partial charge in [-0.1, -0.05) is 19.1 Å². The molecule has 0 radical (unpaired) electrons. The van der Waals surface area contributed by atoms with Crippen LogP contribution in [0, 0.1) is 5.82 Å². The fraction of sp³-hybridized carbons (Fsp3) is 0.500. The van der Waals surface area contributed by atoms with E-state index in [9.17, 15) is 14.0 Å². The maximum absolute atomic E-state index is 13.2. The summed E-state index contributed by atoms with van der Waals surface area (Å²) in [7, 11) is 0. The Balaban J connectivity index is 2.68. The van der Waals surface area contributed by atoms with Crippen molar-refractivity contribution in [3.05, 3.63) is 35.6 Å². The lowest BCUT2D eigenvalue weighted by Gasteiger charge is -2.25. The lowest BCUT2D eigenvalue weighted by atomic mass is 10.2. The zero-order valence-corrected chi connectivity index (χ0v) is 13.1. The highest BCUT2D eigenvalue weighted by molar-refractivity contribution is 5.79. The predicted octanol–water partition coefficient (Wildman–Crippen LogP) is 1.97. The van der Waals surface area contributed by atoms with Gasteiger partial charge in [-0.15, -0.1) is 0 Å². The number of carboxylic acids is 1. The maximum Gasteiger partial charge on any atom is 0.317 e. The predicted molar refractivity (Wildman–Crippen MR) is 81.9 cm³/mol. The number of halogens is 1. The molecule has 0 aliphatic carbocycles. The summed E-state index contributed by atoms with van der Waals surface area (Å²) in [6.45, 7) is 5.04. The van der Waals surface area contributed by atoms with E-state index in [1.54, 1.807) is 21.9 Å². The number of amides is 1. The van der Waals surface area contributed by atoms with Crippen LogP contribution in [0.25, 0.3) is 0 Å². The van der Waals surface area contributed by atoms with Crippen LogP contribution in [0.3, 0.4) is 0 Å². The fourth-order valence-corrected chi connectivity index (χ4v) is 2.24. The standard InChI is InChI=1S/C16H23FN2O3/c1-3-8-18(12-16(21)22)11-15(20)19(4-2)10-13-6-5-7-14(17)9-13/h5-7,9H,3-4,8,10-12H2,1-2H3,(H,21,22). The third-order valence-corrected chi connectivity index (χ3v) is 3.25. The molecule has 0 saturated carbocycles. The molecule has 1 rings (SSSR count). The summed E-state index contributed by atoms with van der Waals surface area (Å²) in [5, 5.41) is 8.88. The van der Waals surface area contributed by atoms with Crippen LogP contribution in [-0.4, -0.2) is 53.0 Å². The number of hydrogen-bond donors (Lipinski definition) is 1. The normalized spacial score (nSPS) is 10.7. The number of rotatable bonds is 9. The molecule has 0 spiro atoms. The Labute approximate surface area is 130 Å². The first-order valence-corrected chi connectivity index (χ1v) is 7.42. The van der Waals surface area contributed by atoms with Gasteiger partial charge in [-0.2, -0.15) is 0 Å². The average molecular weight is 310 g/mol. The van der Waals surface area contributed by atoms with E-state index in [1.165, 1.54) is 12.1 Å². The molecule has 0 saturated heterocycles. The van der Waals surface area contributed by atoms with Crippen molar-refractivity contribution in [2.75, 3.05) is 26.2 Å². The van der Waals surface area contributed by atoms with Crippen LogP contribution in [-0.2, 0) is 16.1 Å². The molecule has 0 unspecified atom stereocenters. The molecule has 0 aliphatic heterocycles. The van der Waals surface area contributed by atoms with Crippen LogP contribution in [0.2, 0.25) is 0 Å². The largest absolute Gasteiger partial charge is 0.480 e. The molecule has 1 N–H and O–H groups in total. The molecule has 0 bridgehead atoms. The van der Waals surface area contributed by atoms with Crippen molar-refractivity contribution in [1.82, 2.24) is 9.80 Å². The molecular formula is C16H23FN2O3. The van der Waals surface area contributed by atoms with Crippen LogP contribution in [0.15, 0.2) is 24.3 Å². The highest BCUT2D eigenvalue weighted by atomic mass is 19.1. The number of carbonyl (C=O) groups excluding carboxylic acids is 1. The first-order valence-electron chi connectivity index (χ1n) is 7.42. The van der Waals surface area contributed by atoms with Gasteiger partial charge in [-0.25, -0.2) is 4.39 Å². The summed E-state index contributed by atoms with van der Waals surface area (Å²) in [5.41, 5.74) is 0.718. The van der Waals surface area contributed by atoms with E-state index in [2.05, 4.69) is 0 Å². The summed E-state index contributed by atoms with van der Waals surface area (Å²) in [5.74, 6) is -1.43. The van der Waals surface area contributed by atoms with Crippen LogP contribution >= 0.6 is 0 Å². The summed E-state index contributed by atoms with van der Waals surface area (Å²) in [4.78, 5) is 26.4. The van der Waals surface area contributed by atoms with E-state index in [-0.39, 0.29) is 24.8 Å². The molecule has 5 nitrogen and oxygen atoms in total. The highest BCUT2D eigenvalue weighted by Crippen LogP contribution is 2.08. The number of carboxylic acid groups (broad SMARTS) is 1. The smallest absolute Gasteiger partial charge is 0.317 e. The van der Waals surface area contributed by atoms with E-state index >= 15 is 0 Å². The van der Waals surface area contributed by atoms with Gasteiger partial charge >= 0.3 is 5.97 Å². The minimum absolute atomic E-state index is 0.0588. The minimum Gasteiger partial charge on any atom is -0.480 e. The van der Waals surface area contributed by atoms with Gasteiger partial charge in [0.15, 0.2) is 0 Å². The molecule has 0 atom stereocenters. The topological polar surface area (TPSA) is 60.9 Å². The number of aliphatic carboxylic acids is 1. The van der Waals surface area contributed by atoms with Crippen molar-refractivity contribution >= 4 is 11.9 Å².